The highest BCUT2D eigenvalue weighted by molar-refractivity contribution is 7.89. The Hall–Kier alpha value is -3.50. The fourth-order valence-corrected chi connectivity index (χ4v) is 3.61. The van der Waals surface area contributed by atoms with E-state index in [1.165, 1.54) is 57.3 Å². The summed E-state index contributed by atoms with van der Waals surface area (Å²) in [6.45, 7) is 2.41. The van der Waals surface area contributed by atoms with E-state index in [-0.39, 0.29) is 22.0 Å². The lowest BCUT2D eigenvalue weighted by atomic mass is 10.0. The maximum absolute atomic E-state index is 12.4. The van der Waals surface area contributed by atoms with Gasteiger partial charge in [0, 0.05) is 30.7 Å². The molecule has 10 heteroatoms. The molecule has 0 aromatic heterocycles. The number of ether oxygens (including phenoxy) is 2. The zero-order valence-electron chi connectivity index (χ0n) is 16.3. The van der Waals surface area contributed by atoms with E-state index in [1.54, 1.807) is 6.07 Å². The minimum atomic E-state index is -3.69. The van der Waals surface area contributed by atoms with Crippen LogP contribution < -0.4 is 19.5 Å². The monoisotopic (exact) mass is 430 g/mol. The third kappa shape index (κ3) is 4.39. The fraction of sp³-hybridized carbons (Fsp3) is 0.150. The van der Waals surface area contributed by atoms with E-state index in [9.17, 15) is 22.8 Å². The van der Waals surface area contributed by atoms with Crippen LogP contribution in [0.4, 0.5) is 5.69 Å². The van der Waals surface area contributed by atoms with Crippen LogP contribution in [0.1, 0.15) is 25.0 Å². The molecule has 1 amide bonds. The van der Waals surface area contributed by atoms with Crippen LogP contribution in [0.15, 0.2) is 41.3 Å². The molecule has 30 heavy (non-hydrogen) atoms. The quantitative estimate of drug-likeness (QED) is 0.421. The number of fused-ring (bicyclic) bond motifs is 1. The fourth-order valence-electron chi connectivity index (χ4n) is 2.85. The number of sulfonamides is 1. The van der Waals surface area contributed by atoms with E-state index in [0.29, 0.717) is 16.8 Å². The number of anilines is 1. The molecular formula is C20H18N2O7S. The van der Waals surface area contributed by atoms with Crippen LogP contribution in [0.3, 0.4) is 0 Å². The lowest BCUT2D eigenvalue weighted by Gasteiger charge is -2.09. The van der Waals surface area contributed by atoms with Crippen molar-refractivity contribution in [3.05, 3.63) is 47.5 Å². The van der Waals surface area contributed by atoms with Crippen LogP contribution in [0.5, 0.6) is 11.5 Å². The van der Waals surface area contributed by atoms with E-state index in [1.807, 2.05) is 0 Å². The van der Waals surface area contributed by atoms with Crippen molar-refractivity contribution in [1.29, 1.82) is 0 Å². The Morgan fingerprint density at radius 3 is 2.30 bits per heavy atom. The molecule has 0 spiro atoms. The first-order chi connectivity index (χ1) is 14.1. The van der Waals surface area contributed by atoms with Gasteiger partial charge in [-0.1, -0.05) is 6.07 Å². The van der Waals surface area contributed by atoms with Crippen LogP contribution in [0, 0.1) is 0 Å². The lowest BCUT2D eigenvalue weighted by molar-refractivity contribution is -0.134. The molecule has 2 aromatic carbocycles. The molecule has 0 saturated heterocycles. The summed E-state index contributed by atoms with van der Waals surface area (Å²) in [5.74, 6) is -1.55. The Bertz CT molecular complexity index is 1200. The molecule has 156 valence electrons. The Morgan fingerprint density at radius 1 is 1.00 bits per heavy atom. The molecular weight excluding hydrogens is 412 g/mol. The maximum atomic E-state index is 12.4. The van der Waals surface area contributed by atoms with Gasteiger partial charge < -0.3 is 14.8 Å². The van der Waals surface area contributed by atoms with E-state index in [4.69, 9.17) is 9.47 Å². The molecule has 0 bridgehead atoms. The number of carbonyl (C=O) groups is 3. The van der Waals surface area contributed by atoms with E-state index >= 15 is 0 Å². The molecule has 0 radical (unpaired) electrons. The predicted octanol–water partition coefficient (Wildman–Crippen LogP) is 1.94. The van der Waals surface area contributed by atoms with Gasteiger partial charge in [0.05, 0.1) is 4.90 Å². The summed E-state index contributed by atoms with van der Waals surface area (Å²) >= 11 is 0. The van der Waals surface area contributed by atoms with Crippen LogP contribution >= 0.6 is 0 Å². The van der Waals surface area contributed by atoms with Crippen molar-refractivity contribution in [2.75, 3.05) is 12.4 Å². The number of hydrogen-bond acceptors (Lipinski definition) is 7. The molecule has 1 aliphatic rings. The standard InChI is InChI=1S/C20H18N2O7S/c1-11(23)28-18-7-4-13(9-19(18)29-12(2)24)8-16-15-10-14(30(26,27)21-3)5-6-17(15)22-20(16)25/h4-10,21H,1-3H3,(H,22,25). The van der Waals surface area contributed by atoms with Crippen molar-refractivity contribution >= 4 is 45.2 Å². The number of rotatable bonds is 5. The topological polar surface area (TPSA) is 128 Å². The molecule has 3 rings (SSSR count). The second-order valence-corrected chi connectivity index (χ2v) is 8.21. The number of esters is 2. The van der Waals surface area contributed by atoms with Crippen molar-refractivity contribution < 1.29 is 32.3 Å². The highest BCUT2D eigenvalue weighted by Gasteiger charge is 2.26. The van der Waals surface area contributed by atoms with Crippen molar-refractivity contribution in [2.45, 2.75) is 18.7 Å². The number of nitrogens with one attached hydrogen (secondary N) is 2. The molecule has 0 fully saturated rings. The van der Waals surface area contributed by atoms with Gasteiger partial charge in [-0.25, -0.2) is 13.1 Å². The average molecular weight is 430 g/mol. The summed E-state index contributed by atoms with van der Waals surface area (Å²) < 4.78 is 36.5. The summed E-state index contributed by atoms with van der Waals surface area (Å²) in [4.78, 5) is 35.1. The normalized spacial score (nSPS) is 14.2. The number of amides is 1. The molecule has 0 unspecified atom stereocenters. The maximum Gasteiger partial charge on any atom is 0.308 e. The lowest BCUT2D eigenvalue weighted by Crippen LogP contribution is -2.18. The van der Waals surface area contributed by atoms with Gasteiger partial charge in [-0.05, 0) is 49.0 Å². The SMILES string of the molecule is CNS(=O)(=O)c1ccc2c(c1)C(=Cc1ccc(OC(C)=O)c(OC(C)=O)c1)C(=O)N2. The number of carbonyl (C=O) groups excluding carboxylic acids is 3. The highest BCUT2D eigenvalue weighted by atomic mass is 32.2. The smallest absolute Gasteiger partial charge is 0.308 e. The molecule has 0 atom stereocenters. The minimum Gasteiger partial charge on any atom is -0.423 e. The summed E-state index contributed by atoms with van der Waals surface area (Å²) in [5.41, 5.74) is 1.58. The molecule has 0 aliphatic carbocycles. The van der Waals surface area contributed by atoms with Gasteiger partial charge in [-0.15, -0.1) is 0 Å². The first kappa shape index (κ1) is 21.2. The molecule has 1 aliphatic heterocycles. The number of benzene rings is 2. The van der Waals surface area contributed by atoms with Gasteiger partial charge in [-0.2, -0.15) is 0 Å². The summed E-state index contributed by atoms with van der Waals surface area (Å²) in [7, 11) is -2.40. The van der Waals surface area contributed by atoms with Gasteiger partial charge in [0.25, 0.3) is 5.91 Å². The third-order valence-corrected chi connectivity index (χ3v) is 5.55. The van der Waals surface area contributed by atoms with Gasteiger partial charge in [-0.3, -0.25) is 14.4 Å². The highest BCUT2D eigenvalue weighted by Crippen LogP contribution is 2.36. The van der Waals surface area contributed by atoms with E-state index < -0.39 is 27.9 Å². The first-order valence-corrected chi connectivity index (χ1v) is 10.2. The van der Waals surface area contributed by atoms with Crippen LogP contribution in [-0.4, -0.2) is 33.3 Å². The van der Waals surface area contributed by atoms with Crippen LogP contribution in [-0.2, 0) is 24.4 Å². The van der Waals surface area contributed by atoms with Crippen LogP contribution in [0.25, 0.3) is 11.6 Å². The van der Waals surface area contributed by atoms with Crippen LogP contribution in [0.2, 0.25) is 0 Å². The van der Waals surface area contributed by atoms with Gasteiger partial charge in [0.1, 0.15) is 0 Å². The molecule has 2 N–H and O–H groups in total. The summed E-state index contributed by atoms with van der Waals surface area (Å²) in [6.07, 6.45) is 1.52. The molecule has 9 nitrogen and oxygen atoms in total. The minimum absolute atomic E-state index is 0.0111. The molecule has 0 saturated carbocycles. The van der Waals surface area contributed by atoms with Crippen molar-refractivity contribution in [1.82, 2.24) is 4.72 Å². The zero-order valence-corrected chi connectivity index (χ0v) is 17.1. The average Bonchev–Trinajstić information content (AvgIpc) is 2.97. The summed E-state index contributed by atoms with van der Waals surface area (Å²) in [6, 6.07) is 8.73. The van der Waals surface area contributed by atoms with Gasteiger partial charge in [0.2, 0.25) is 10.0 Å². The third-order valence-electron chi connectivity index (χ3n) is 4.14. The zero-order chi connectivity index (χ0) is 22.1. The second-order valence-electron chi connectivity index (χ2n) is 6.32. The van der Waals surface area contributed by atoms with E-state index in [2.05, 4.69) is 10.0 Å². The number of hydrogen-bond donors (Lipinski definition) is 2. The van der Waals surface area contributed by atoms with Gasteiger partial charge >= 0.3 is 11.9 Å². The van der Waals surface area contributed by atoms with Gasteiger partial charge in [0.15, 0.2) is 11.5 Å². The molecule has 2 aromatic rings. The largest absolute Gasteiger partial charge is 0.423 e. The Morgan fingerprint density at radius 2 is 1.67 bits per heavy atom. The first-order valence-electron chi connectivity index (χ1n) is 8.72. The van der Waals surface area contributed by atoms with Crippen molar-refractivity contribution in [3.63, 3.8) is 0 Å². The molecule has 1 heterocycles. The Labute approximate surface area is 172 Å². The van der Waals surface area contributed by atoms with Crippen molar-refractivity contribution in [3.8, 4) is 11.5 Å². The second kappa shape index (κ2) is 8.09. The summed E-state index contributed by atoms with van der Waals surface area (Å²) in [5, 5.41) is 2.67. The Kier molecular flexibility index (Phi) is 5.72. The van der Waals surface area contributed by atoms with E-state index in [0.717, 1.165) is 0 Å². The van der Waals surface area contributed by atoms with Crippen molar-refractivity contribution in [2.24, 2.45) is 0 Å². The predicted molar refractivity (Wildman–Crippen MR) is 108 cm³/mol. The Balaban J connectivity index is 2.07.